The molecule has 0 aliphatic carbocycles. The maximum absolute atomic E-state index is 11.6. The molecule has 27 heavy (non-hydrogen) atoms. The number of methoxy groups -OCH3 is 2. The first-order valence-corrected chi connectivity index (χ1v) is 9.25. The fraction of sp³-hybridized carbons (Fsp3) is 0.571. The van der Waals surface area contributed by atoms with Crippen LogP contribution in [0.2, 0.25) is 0 Å². The summed E-state index contributed by atoms with van der Waals surface area (Å²) in [5.41, 5.74) is 1.16. The van der Waals surface area contributed by atoms with Crippen molar-refractivity contribution in [3.63, 3.8) is 0 Å². The molecule has 0 heterocycles. The predicted molar refractivity (Wildman–Crippen MR) is 103 cm³/mol. The largest absolute Gasteiger partial charge is 0.467 e. The van der Waals surface area contributed by atoms with Gasteiger partial charge in [-0.25, -0.2) is 4.79 Å². The number of rotatable bonds is 14. The van der Waals surface area contributed by atoms with Gasteiger partial charge in [0.1, 0.15) is 6.79 Å². The maximum Gasteiger partial charge on any atom is 0.335 e. The van der Waals surface area contributed by atoms with Crippen LogP contribution in [-0.4, -0.2) is 50.4 Å². The van der Waals surface area contributed by atoms with Gasteiger partial charge in [0.2, 0.25) is 0 Å². The number of esters is 1. The van der Waals surface area contributed by atoms with Gasteiger partial charge in [0.25, 0.3) is 0 Å². The molecule has 0 spiro atoms. The number of ether oxygens (including phenoxy) is 4. The highest BCUT2D eigenvalue weighted by Gasteiger charge is 2.18. The molecule has 0 bridgehead atoms. The van der Waals surface area contributed by atoms with Gasteiger partial charge in [0.05, 0.1) is 25.9 Å². The third kappa shape index (κ3) is 10.9. The summed E-state index contributed by atoms with van der Waals surface area (Å²) in [7, 11) is 2.80. The predicted octanol–water partition coefficient (Wildman–Crippen LogP) is 3.23. The van der Waals surface area contributed by atoms with E-state index in [0.29, 0.717) is 19.4 Å². The Kier molecular flexibility index (Phi) is 12.4. The van der Waals surface area contributed by atoms with Crippen LogP contribution >= 0.6 is 0 Å². The Morgan fingerprint density at radius 3 is 2.56 bits per heavy atom. The summed E-state index contributed by atoms with van der Waals surface area (Å²) in [5, 5.41) is 10.0. The Morgan fingerprint density at radius 1 is 1.15 bits per heavy atom. The zero-order chi connectivity index (χ0) is 19.9. The Bertz CT molecular complexity index is 531. The summed E-state index contributed by atoms with van der Waals surface area (Å²) in [4.78, 5) is 11.6. The molecule has 0 unspecified atom stereocenters. The van der Waals surface area contributed by atoms with Crippen molar-refractivity contribution in [2.45, 2.75) is 57.5 Å². The number of benzene rings is 1. The molecule has 3 atom stereocenters. The standard InChI is InChI=1S/C21H32O6/c1-17(26-15-18-10-5-4-6-11-18)9-7-12-19(22)13-8-14-20(21(23)25-3)27-16-24-2/h4-6,8,10-11,13,17,19-20,22H,7,9,12,14-16H2,1-3H3/b13-8+/t17-,19+,20-/m0/s1. The monoisotopic (exact) mass is 380 g/mol. The SMILES string of the molecule is COCO[C@@H](C/C=C/[C@H](O)CCC[C@H](C)OCc1ccccc1)C(=O)OC. The second-order valence-corrected chi connectivity index (χ2v) is 6.35. The van der Waals surface area contributed by atoms with Gasteiger partial charge < -0.3 is 24.1 Å². The van der Waals surface area contributed by atoms with Gasteiger partial charge in [-0.05, 0) is 31.7 Å². The second kappa shape index (κ2) is 14.3. The molecule has 0 saturated heterocycles. The zero-order valence-corrected chi connectivity index (χ0v) is 16.5. The van der Waals surface area contributed by atoms with Crippen molar-refractivity contribution in [3.05, 3.63) is 48.0 Å². The summed E-state index contributed by atoms with van der Waals surface area (Å²) in [5.74, 6) is -0.462. The van der Waals surface area contributed by atoms with Crippen LogP contribution in [0.4, 0.5) is 0 Å². The average Bonchev–Trinajstić information content (AvgIpc) is 2.69. The van der Waals surface area contributed by atoms with Crippen molar-refractivity contribution in [2.24, 2.45) is 0 Å². The quantitative estimate of drug-likeness (QED) is 0.303. The Balaban J connectivity index is 2.21. The van der Waals surface area contributed by atoms with Gasteiger partial charge >= 0.3 is 5.97 Å². The molecular weight excluding hydrogens is 348 g/mol. The van der Waals surface area contributed by atoms with E-state index in [2.05, 4.69) is 4.74 Å². The number of aliphatic hydroxyl groups excluding tert-OH is 1. The van der Waals surface area contributed by atoms with Gasteiger partial charge in [-0.15, -0.1) is 0 Å². The lowest BCUT2D eigenvalue weighted by molar-refractivity contribution is -0.161. The summed E-state index contributed by atoms with van der Waals surface area (Å²) < 4.78 is 20.6. The van der Waals surface area contributed by atoms with Crippen LogP contribution in [0.3, 0.4) is 0 Å². The van der Waals surface area contributed by atoms with E-state index in [-0.39, 0.29) is 12.9 Å². The van der Waals surface area contributed by atoms with Gasteiger partial charge in [-0.2, -0.15) is 0 Å². The van der Waals surface area contributed by atoms with Crippen molar-refractivity contribution >= 4 is 5.97 Å². The summed E-state index contributed by atoms with van der Waals surface area (Å²) in [6, 6.07) is 10.1. The molecule has 6 heteroatoms. The van der Waals surface area contributed by atoms with E-state index in [1.807, 2.05) is 37.3 Å². The van der Waals surface area contributed by atoms with Crippen molar-refractivity contribution in [1.82, 2.24) is 0 Å². The molecule has 0 fully saturated rings. The topological polar surface area (TPSA) is 74.2 Å². The lowest BCUT2D eigenvalue weighted by Crippen LogP contribution is -2.26. The molecule has 1 N–H and O–H groups in total. The molecule has 0 aliphatic heterocycles. The first-order chi connectivity index (χ1) is 13.1. The minimum absolute atomic E-state index is 0.0109. The highest BCUT2D eigenvalue weighted by Crippen LogP contribution is 2.11. The highest BCUT2D eigenvalue weighted by molar-refractivity contribution is 5.74. The van der Waals surface area contributed by atoms with Crippen LogP contribution < -0.4 is 0 Å². The lowest BCUT2D eigenvalue weighted by atomic mass is 10.1. The average molecular weight is 380 g/mol. The zero-order valence-electron chi connectivity index (χ0n) is 16.5. The molecule has 6 nitrogen and oxygen atoms in total. The van der Waals surface area contributed by atoms with Crippen molar-refractivity contribution in [1.29, 1.82) is 0 Å². The molecule has 0 radical (unpaired) electrons. The van der Waals surface area contributed by atoms with E-state index >= 15 is 0 Å². The molecule has 0 saturated carbocycles. The molecule has 0 aliphatic rings. The number of carbonyl (C=O) groups is 1. The van der Waals surface area contributed by atoms with E-state index < -0.39 is 18.2 Å². The first kappa shape index (κ1) is 23.3. The van der Waals surface area contributed by atoms with E-state index in [4.69, 9.17) is 14.2 Å². The minimum Gasteiger partial charge on any atom is -0.467 e. The lowest BCUT2D eigenvalue weighted by Gasteiger charge is -2.14. The van der Waals surface area contributed by atoms with Crippen LogP contribution in [0.5, 0.6) is 0 Å². The van der Waals surface area contributed by atoms with Crippen LogP contribution in [-0.2, 0) is 30.3 Å². The Labute approximate surface area is 162 Å². The van der Waals surface area contributed by atoms with Gasteiger partial charge in [-0.3, -0.25) is 0 Å². The summed E-state index contributed by atoms with van der Waals surface area (Å²) in [6.07, 6.45) is 4.94. The molecule has 0 amide bonds. The number of carbonyl (C=O) groups excluding carboxylic acids is 1. The molecular formula is C21H32O6. The van der Waals surface area contributed by atoms with E-state index in [0.717, 1.165) is 18.4 Å². The molecule has 1 aromatic carbocycles. The van der Waals surface area contributed by atoms with Gasteiger partial charge in [0, 0.05) is 13.5 Å². The van der Waals surface area contributed by atoms with Crippen molar-refractivity contribution < 1.29 is 28.8 Å². The first-order valence-electron chi connectivity index (χ1n) is 9.25. The number of hydrogen-bond acceptors (Lipinski definition) is 6. The van der Waals surface area contributed by atoms with Gasteiger partial charge in [0.15, 0.2) is 6.10 Å². The fourth-order valence-electron chi connectivity index (χ4n) is 2.48. The van der Waals surface area contributed by atoms with Gasteiger partial charge in [-0.1, -0.05) is 42.5 Å². The Hall–Kier alpha value is -1.73. The van der Waals surface area contributed by atoms with E-state index in [1.54, 1.807) is 12.2 Å². The highest BCUT2D eigenvalue weighted by atomic mass is 16.7. The van der Waals surface area contributed by atoms with Crippen molar-refractivity contribution in [2.75, 3.05) is 21.0 Å². The maximum atomic E-state index is 11.6. The molecule has 0 aromatic heterocycles. The van der Waals surface area contributed by atoms with Crippen LogP contribution in [0, 0.1) is 0 Å². The van der Waals surface area contributed by atoms with Crippen LogP contribution in [0.15, 0.2) is 42.5 Å². The molecule has 1 aromatic rings. The molecule has 1 rings (SSSR count). The number of hydrogen-bond donors (Lipinski definition) is 1. The molecule has 152 valence electrons. The Morgan fingerprint density at radius 2 is 1.89 bits per heavy atom. The fourth-order valence-corrected chi connectivity index (χ4v) is 2.48. The summed E-state index contributed by atoms with van der Waals surface area (Å²) in [6.45, 7) is 2.65. The second-order valence-electron chi connectivity index (χ2n) is 6.35. The minimum atomic E-state index is -0.732. The van der Waals surface area contributed by atoms with E-state index in [9.17, 15) is 9.90 Å². The van der Waals surface area contributed by atoms with Crippen LogP contribution in [0.1, 0.15) is 38.2 Å². The van der Waals surface area contributed by atoms with E-state index in [1.165, 1.54) is 14.2 Å². The normalized spacial score (nSPS) is 14.8. The number of aliphatic hydroxyl groups is 1. The third-order valence-corrected chi connectivity index (χ3v) is 4.05. The van der Waals surface area contributed by atoms with Crippen molar-refractivity contribution in [3.8, 4) is 0 Å². The summed E-state index contributed by atoms with van der Waals surface area (Å²) >= 11 is 0. The third-order valence-electron chi connectivity index (χ3n) is 4.05. The van der Waals surface area contributed by atoms with Crippen LogP contribution in [0.25, 0.3) is 0 Å². The smallest absolute Gasteiger partial charge is 0.335 e.